The minimum Gasteiger partial charge on any atom is -0.497 e. The summed E-state index contributed by atoms with van der Waals surface area (Å²) in [6.07, 6.45) is 2.04. The Kier molecular flexibility index (Phi) is 5.44. The van der Waals surface area contributed by atoms with Gasteiger partial charge in [-0.15, -0.1) is 0 Å². The van der Waals surface area contributed by atoms with Crippen molar-refractivity contribution in [1.82, 2.24) is 0 Å². The molecule has 0 saturated carbocycles. The Morgan fingerprint density at radius 1 is 0.950 bits per heavy atom. The molecular weight excluding hydrogens is 250 g/mol. The second kappa shape index (κ2) is 7.56. The molecule has 2 rings (SSSR count). The fraction of sp³-hybridized carbons (Fsp3) is 0.294. The van der Waals surface area contributed by atoms with Gasteiger partial charge in [-0.3, -0.25) is 0 Å². The fourth-order valence-corrected chi connectivity index (χ4v) is 1.99. The molecule has 0 spiro atoms. The van der Waals surface area contributed by atoms with Gasteiger partial charge in [0.1, 0.15) is 18.1 Å². The van der Waals surface area contributed by atoms with Gasteiger partial charge in [-0.25, -0.2) is 0 Å². The fourth-order valence-electron chi connectivity index (χ4n) is 1.99. The molecule has 0 radical (unpaired) electrons. The van der Waals surface area contributed by atoms with Crippen molar-refractivity contribution in [3.8, 4) is 11.5 Å². The van der Waals surface area contributed by atoms with E-state index in [1.807, 2.05) is 36.4 Å². The highest BCUT2D eigenvalue weighted by molar-refractivity contribution is 5.30. The van der Waals surface area contributed by atoms with Gasteiger partial charge in [0, 0.05) is 0 Å². The number of hydrogen-bond acceptors (Lipinski definition) is 3. The molecule has 0 heterocycles. The Morgan fingerprint density at radius 3 is 2.45 bits per heavy atom. The van der Waals surface area contributed by atoms with Gasteiger partial charge in [0.05, 0.1) is 7.11 Å². The molecule has 20 heavy (non-hydrogen) atoms. The summed E-state index contributed by atoms with van der Waals surface area (Å²) >= 11 is 0. The van der Waals surface area contributed by atoms with E-state index in [0.29, 0.717) is 6.61 Å². The third-order valence-electron chi connectivity index (χ3n) is 3.13. The third-order valence-corrected chi connectivity index (χ3v) is 3.13. The number of nitrogens with two attached hydrogens (primary N) is 1. The van der Waals surface area contributed by atoms with E-state index in [1.165, 1.54) is 5.56 Å². The highest BCUT2D eigenvalue weighted by Crippen LogP contribution is 2.17. The zero-order chi connectivity index (χ0) is 14.2. The summed E-state index contributed by atoms with van der Waals surface area (Å²) in [7, 11) is 1.67. The van der Waals surface area contributed by atoms with Crippen molar-refractivity contribution in [3.05, 3.63) is 59.7 Å². The molecule has 0 fully saturated rings. The van der Waals surface area contributed by atoms with Gasteiger partial charge in [-0.1, -0.05) is 24.3 Å². The quantitative estimate of drug-likeness (QED) is 0.841. The van der Waals surface area contributed by atoms with Crippen molar-refractivity contribution >= 4 is 0 Å². The van der Waals surface area contributed by atoms with Crippen LogP contribution in [-0.4, -0.2) is 13.7 Å². The molecule has 0 saturated heterocycles. The maximum Gasteiger partial charge on any atom is 0.119 e. The third kappa shape index (κ3) is 4.28. The first kappa shape index (κ1) is 14.4. The van der Waals surface area contributed by atoms with Crippen molar-refractivity contribution in [3.63, 3.8) is 0 Å². The summed E-state index contributed by atoms with van der Waals surface area (Å²) in [6.45, 7) is 1.27. The summed E-state index contributed by atoms with van der Waals surface area (Å²) in [5.74, 6) is 1.73. The van der Waals surface area contributed by atoms with Crippen LogP contribution in [-0.2, 0) is 13.0 Å². The van der Waals surface area contributed by atoms with Crippen LogP contribution in [0.15, 0.2) is 48.5 Å². The molecule has 106 valence electrons. The van der Waals surface area contributed by atoms with Gasteiger partial charge in [-0.2, -0.15) is 0 Å². The van der Waals surface area contributed by atoms with Crippen LogP contribution in [0, 0.1) is 0 Å². The van der Waals surface area contributed by atoms with Gasteiger partial charge in [0.15, 0.2) is 0 Å². The molecule has 3 nitrogen and oxygen atoms in total. The van der Waals surface area contributed by atoms with Crippen LogP contribution >= 0.6 is 0 Å². The predicted octanol–water partition coefficient (Wildman–Crippen LogP) is 3.17. The monoisotopic (exact) mass is 271 g/mol. The highest BCUT2D eigenvalue weighted by Gasteiger charge is 1.99. The lowest BCUT2D eigenvalue weighted by Crippen LogP contribution is -2.00. The summed E-state index contributed by atoms with van der Waals surface area (Å²) in [5, 5.41) is 0. The number of rotatable bonds is 7. The minimum atomic E-state index is 0.541. The predicted molar refractivity (Wildman–Crippen MR) is 81.1 cm³/mol. The molecule has 2 aromatic rings. The topological polar surface area (TPSA) is 44.5 Å². The molecule has 0 aliphatic rings. The molecule has 0 unspecified atom stereocenters. The van der Waals surface area contributed by atoms with Crippen LogP contribution in [0.5, 0.6) is 11.5 Å². The molecule has 0 amide bonds. The first-order valence-corrected chi connectivity index (χ1v) is 6.86. The summed E-state index contributed by atoms with van der Waals surface area (Å²) in [5.41, 5.74) is 7.90. The van der Waals surface area contributed by atoms with Gasteiger partial charge < -0.3 is 15.2 Å². The molecule has 0 aliphatic carbocycles. The standard InChI is InChI=1S/C17H21NO2/c1-19-17-6-2-4-15(12-17)13-20-16-9-7-14(8-10-16)5-3-11-18/h2,4,6-10,12H,3,5,11,13,18H2,1H3. The van der Waals surface area contributed by atoms with Crippen LogP contribution in [0.1, 0.15) is 17.5 Å². The van der Waals surface area contributed by atoms with Gasteiger partial charge in [0.25, 0.3) is 0 Å². The van der Waals surface area contributed by atoms with Gasteiger partial charge >= 0.3 is 0 Å². The second-order valence-electron chi connectivity index (χ2n) is 4.68. The lowest BCUT2D eigenvalue weighted by atomic mass is 10.1. The summed E-state index contributed by atoms with van der Waals surface area (Å²) < 4.78 is 11.0. The van der Waals surface area contributed by atoms with Gasteiger partial charge in [0.2, 0.25) is 0 Å². The number of hydrogen-bond donors (Lipinski definition) is 1. The molecule has 0 atom stereocenters. The van der Waals surface area contributed by atoms with Crippen LogP contribution in [0.3, 0.4) is 0 Å². The van der Waals surface area contributed by atoms with Crippen molar-refractivity contribution in [2.45, 2.75) is 19.4 Å². The molecular formula is C17H21NO2. The zero-order valence-electron chi connectivity index (χ0n) is 11.8. The van der Waals surface area contributed by atoms with E-state index >= 15 is 0 Å². The molecule has 0 aromatic heterocycles. The number of methoxy groups -OCH3 is 1. The van der Waals surface area contributed by atoms with Crippen molar-refractivity contribution in [1.29, 1.82) is 0 Å². The summed E-state index contributed by atoms with van der Waals surface area (Å²) in [6, 6.07) is 16.1. The molecule has 0 aliphatic heterocycles. The Balaban J connectivity index is 1.89. The van der Waals surface area contributed by atoms with Crippen molar-refractivity contribution < 1.29 is 9.47 Å². The molecule has 2 aromatic carbocycles. The van der Waals surface area contributed by atoms with E-state index in [9.17, 15) is 0 Å². The molecule has 3 heteroatoms. The number of benzene rings is 2. The lowest BCUT2D eigenvalue weighted by molar-refractivity contribution is 0.305. The second-order valence-corrected chi connectivity index (χ2v) is 4.68. The van der Waals surface area contributed by atoms with E-state index < -0.39 is 0 Å². The zero-order valence-corrected chi connectivity index (χ0v) is 11.8. The Morgan fingerprint density at radius 2 is 1.75 bits per heavy atom. The van der Waals surface area contributed by atoms with Crippen LogP contribution in [0.2, 0.25) is 0 Å². The largest absolute Gasteiger partial charge is 0.497 e. The van der Waals surface area contributed by atoms with Crippen LogP contribution in [0.25, 0.3) is 0 Å². The molecule has 0 bridgehead atoms. The Bertz CT molecular complexity index is 523. The maximum atomic E-state index is 5.77. The average molecular weight is 271 g/mol. The molecule has 2 N–H and O–H groups in total. The van der Waals surface area contributed by atoms with Crippen LogP contribution in [0.4, 0.5) is 0 Å². The number of ether oxygens (including phenoxy) is 2. The van der Waals surface area contributed by atoms with Crippen LogP contribution < -0.4 is 15.2 Å². The van der Waals surface area contributed by atoms with E-state index in [4.69, 9.17) is 15.2 Å². The van der Waals surface area contributed by atoms with E-state index in [0.717, 1.165) is 36.4 Å². The van der Waals surface area contributed by atoms with Gasteiger partial charge in [-0.05, 0) is 54.8 Å². The SMILES string of the molecule is COc1cccc(COc2ccc(CCCN)cc2)c1. The van der Waals surface area contributed by atoms with E-state index in [1.54, 1.807) is 7.11 Å². The summed E-state index contributed by atoms with van der Waals surface area (Å²) in [4.78, 5) is 0. The van der Waals surface area contributed by atoms with Crippen molar-refractivity contribution in [2.75, 3.05) is 13.7 Å². The van der Waals surface area contributed by atoms with E-state index in [-0.39, 0.29) is 0 Å². The van der Waals surface area contributed by atoms with E-state index in [2.05, 4.69) is 12.1 Å². The highest BCUT2D eigenvalue weighted by atomic mass is 16.5. The Labute approximate surface area is 120 Å². The first-order valence-electron chi connectivity index (χ1n) is 6.86. The Hall–Kier alpha value is -2.00. The lowest BCUT2D eigenvalue weighted by Gasteiger charge is -2.08. The minimum absolute atomic E-state index is 0.541. The first-order chi connectivity index (χ1) is 9.81. The number of aryl methyl sites for hydroxylation is 1. The normalized spacial score (nSPS) is 10.3. The van der Waals surface area contributed by atoms with Crippen molar-refractivity contribution in [2.24, 2.45) is 5.73 Å². The average Bonchev–Trinajstić information content (AvgIpc) is 2.52. The maximum absolute atomic E-state index is 5.77. The smallest absolute Gasteiger partial charge is 0.119 e.